The van der Waals surface area contributed by atoms with Crippen LogP contribution in [-0.2, 0) is 49.1 Å². The molecule has 0 spiro atoms. The van der Waals surface area contributed by atoms with Gasteiger partial charge in [-0.1, -0.05) is 39.1 Å². The summed E-state index contributed by atoms with van der Waals surface area (Å²) >= 11 is 12.4. The maximum atomic E-state index is 11.9. The van der Waals surface area contributed by atoms with Gasteiger partial charge in [0.25, 0.3) is 0 Å². The second kappa shape index (κ2) is 39.1. The van der Waals surface area contributed by atoms with Crippen LogP contribution in [0.3, 0.4) is 0 Å². The monoisotopic (exact) mass is 1140 g/mol. The Bertz CT molecular complexity index is 1830. The van der Waals surface area contributed by atoms with Gasteiger partial charge in [0.2, 0.25) is 15.5 Å². The van der Waals surface area contributed by atoms with Crippen molar-refractivity contribution in [2.75, 3.05) is 78.5 Å². The first-order chi connectivity index (χ1) is 32.0. The van der Waals surface area contributed by atoms with E-state index in [-0.39, 0.29) is 39.2 Å². The second-order valence-corrected chi connectivity index (χ2v) is 23.4. The van der Waals surface area contributed by atoms with Crippen molar-refractivity contribution in [3.8, 4) is 0 Å². The Balaban J connectivity index is 0. The fourth-order valence-electron chi connectivity index (χ4n) is 5.50. The molecule has 0 aliphatic carbocycles. The fourth-order valence-corrected chi connectivity index (χ4v) is 8.38. The Hall–Kier alpha value is -2.38. The fraction of sp³-hybridized carbons (Fsp3) is 0.587. The lowest BCUT2D eigenvalue weighted by molar-refractivity contribution is -0.156. The largest absolute Gasteiger partial charge is 0.446 e. The highest BCUT2D eigenvalue weighted by molar-refractivity contribution is 8.26. The molecule has 0 unspecified atom stereocenters. The highest BCUT2D eigenvalue weighted by atomic mass is 36.0. The number of ether oxygens (including phenoxy) is 2. The first kappa shape index (κ1) is 69.7. The summed E-state index contributed by atoms with van der Waals surface area (Å²) in [5.74, 6) is 0.650. The molecule has 4 aromatic heterocycles. The number of aliphatic hydroxyl groups excluding tert-OH is 1. The molecule has 402 valence electrons. The molecule has 4 aromatic rings. The summed E-state index contributed by atoms with van der Waals surface area (Å²) in [5.41, 5.74) is -0.798. The predicted octanol–water partition coefficient (Wildman–Crippen LogP) is 11.6. The number of nitrogens with zero attached hydrogens (tertiary/aromatic N) is 4. The number of aldehydes is 1. The van der Waals surface area contributed by atoms with Crippen molar-refractivity contribution in [1.82, 2.24) is 30.2 Å². The molecule has 2 amide bonds. The van der Waals surface area contributed by atoms with Gasteiger partial charge in [-0.05, 0) is 87.3 Å². The first-order valence-electron chi connectivity index (χ1n) is 21.4. The minimum atomic E-state index is -4.64. The smallest absolute Gasteiger partial charge is 0.444 e. The van der Waals surface area contributed by atoms with E-state index in [2.05, 4.69) is 76.8 Å². The van der Waals surface area contributed by atoms with Crippen molar-refractivity contribution in [3.63, 3.8) is 0 Å². The summed E-state index contributed by atoms with van der Waals surface area (Å²) in [6, 6.07) is 16.4. The van der Waals surface area contributed by atoms with E-state index in [0.29, 0.717) is 5.88 Å². The van der Waals surface area contributed by atoms with Crippen LogP contribution in [0.4, 0.5) is 22.8 Å². The number of nitrogens with one attached hydrogen (secondary N) is 2. The number of carbonyl (C=O) groups excluding carboxylic acids is 3. The molecule has 0 aromatic carbocycles. The summed E-state index contributed by atoms with van der Waals surface area (Å²) in [4.78, 5) is 45.7. The Morgan fingerprint density at radius 1 is 0.643 bits per heavy atom. The van der Waals surface area contributed by atoms with E-state index in [0.717, 1.165) is 83.4 Å². The normalized spacial score (nSPS) is 14.9. The number of rotatable bonds is 6. The molecular formula is C46H74Cl3F3N6O7S5. The van der Waals surface area contributed by atoms with Gasteiger partial charge in [-0.2, -0.15) is 13.2 Å². The third-order valence-corrected chi connectivity index (χ3v) is 12.4. The molecule has 3 fully saturated rings. The second-order valence-electron chi connectivity index (χ2n) is 16.4. The quantitative estimate of drug-likeness (QED) is 0.0964. The van der Waals surface area contributed by atoms with Gasteiger partial charge in [-0.3, -0.25) is 14.6 Å². The summed E-state index contributed by atoms with van der Waals surface area (Å²) in [7, 11) is 7.36. The van der Waals surface area contributed by atoms with Gasteiger partial charge >= 0.3 is 18.4 Å². The minimum absolute atomic E-state index is 0. The van der Waals surface area contributed by atoms with Crippen LogP contribution in [0.5, 0.6) is 0 Å². The van der Waals surface area contributed by atoms with Crippen molar-refractivity contribution in [1.29, 1.82) is 0 Å². The number of carbonyl (C=O) groups is 3. The third-order valence-electron chi connectivity index (χ3n) is 8.50. The average Bonchev–Trinajstić information content (AvgIpc) is 4.15. The van der Waals surface area contributed by atoms with Crippen LogP contribution in [0.1, 0.15) is 75.9 Å². The molecule has 7 rings (SSSR count). The van der Waals surface area contributed by atoms with Crippen LogP contribution >= 0.6 is 78.3 Å². The number of hydrogen-bond acceptors (Lipinski definition) is 15. The number of aliphatic hydroxyl groups is 1. The van der Waals surface area contributed by atoms with Crippen LogP contribution in [-0.4, -0.2) is 143 Å². The van der Waals surface area contributed by atoms with E-state index in [4.69, 9.17) is 35.2 Å². The molecule has 3 N–H and O–H groups in total. The number of piperazine rings is 3. The number of hydrogen-bond donors (Lipinski definition) is 3. The predicted molar refractivity (Wildman–Crippen MR) is 290 cm³/mol. The molecule has 0 saturated carbocycles. The molecule has 24 heteroatoms. The Kier molecular flexibility index (Phi) is 39.0. The van der Waals surface area contributed by atoms with Crippen LogP contribution < -0.4 is 10.6 Å². The summed E-state index contributed by atoms with van der Waals surface area (Å²) < 4.78 is 51.0. The van der Waals surface area contributed by atoms with E-state index in [1.807, 2.05) is 87.9 Å². The summed E-state index contributed by atoms with van der Waals surface area (Å²) in [6.45, 7) is 24.9. The summed E-state index contributed by atoms with van der Waals surface area (Å²) in [5, 5.41) is 23.2. The average molecular weight is 1150 g/mol. The lowest BCUT2D eigenvalue weighted by Gasteiger charge is -2.35. The van der Waals surface area contributed by atoms with Gasteiger partial charge in [0, 0.05) is 132 Å². The van der Waals surface area contributed by atoms with Gasteiger partial charge in [0.15, 0.2) is 0 Å². The van der Waals surface area contributed by atoms with Gasteiger partial charge in [-0.15, -0.1) is 56.9 Å². The zero-order valence-corrected chi connectivity index (χ0v) is 45.7. The zero-order valence-electron chi connectivity index (χ0n) is 39.3. The molecule has 0 bridgehead atoms. The van der Waals surface area contributed by atoms with Gasteiger partial charge in [-0.25, -0.2) is 13.8 Å². The molecule has 70 heavy (non-hydrogen) atoms. The van der Waals surface area contributed by atoms with Crippen LogP contribution in [0.15, 0.2) is 70.1 Å². The standard InChI is InChI=1S/C14H22N2O2S.C9H18N2O2.C9H14N2S.C5H5ClS.C5H6OS.C2HF3O.2CH4.Cl2OS/c1-14(2,3)18-13(17)16-8-6-15(7-9-16)11-12-5-4-10-19-12;1-9(2,3)13-8(12)11-6-4-10-5-7-11;1-2-9(12-7-1)8-11-5-3-10-4-6-11;2*6-4-5-2-1-3-7-5;3-2(4,5)1-6;;;1-4(2)3/h4-5,10H,6-9,11H2,1-3H3;10H,4-7H2,1-3H3;1-2,7,10H,3-6,8H2;1-3H,4H2;1-3,6H,4H2;1H;2*1H4;. The molecular weight excluding hydrogens is 1070 g/mol. The highest BCUT2D eigenvalue weighted by Crippen LogP contribution is 2.17. The number of amides is 2. The van der Waals surface area contributed by atoms with Gasteiger partial charge in [0.05, 0.1) is 12.5 Å². The first-order valence-corrected chi connectivity index (χ1v) is 28.2. The summed E-state index contributed by atoms with van der Waals surface area (Å²) in [6.07, 6.45) is -6.09. The van der Waals surface area contributed by atoms with E-state index in [9.17, 15) is 22.8 Å². The van der Waals surface area contributed by atoms with Crippen LogP contribution in [0.25, 0.3) is 0 Å². The highest BCUT2D eigenvalue weighted by Gasteiger charge is 2.27. The minimum Gasteiger partial charge on any atom is -0.444 e. The van der Waals surface area contributed by atoms with E-state index >= 15 is 0 Å². The Labute approximate surface area is 447 Å². The van der Waals surface area contributed by atoms with Crippen LogP contribution in [0.2, 0.25) is 0 Å². The molecule has 13 nitrogen and oxygen atoms in total. The molecule has 7 heterocycles. The molecule has 0 radical (unpaired) electrons. The molecule has 3 aliphatic heterocycles. The maximum Gasteiger partial charge on any atom is 0.446 e. The zero-order chi connectivity index (χ0) is 51.0. The van der Waals surface area contributed by atoms with Crippen molar-refractivity contribution in [2.45, 2.75) is 99.4 Å². The van der Waals surface area contributed by atoms with Crippen molar-refractivity contribution >= 4 is 106 Å². The van der Waals surface area contributed by atoms with E-state index < -0.39 is 27.3 Å². The van der Waals surface area contributed by atoms with Crippen molar-refractivity contribution in [2.24, 2.45) is 0 Å². The molecule has 3 aliphatic rings. The lowest BCUT2D eigenvalue weighted by atomic mass is 10.2. The SMILES string of the molecule is C.C.CC(C)(C)OC(=O)N1CCN(Cc2cccs2)CC1.CC(C)(C)OC(=O)N1CCNCC1.ClCc1cccs1.O=CC(F)(F)F.O=S(Cl)Cl.OCc1cccs1.c1csc(CN2CCNCC2)c1. The Morgan fingerprint density at radius 3 is 1.23 bits per heavy atom. The number of halogens is 6. The van der Waals surface area contributed by atoms with Crippen molar-refractivity contribution < 1.29 is 46.3 Å². The van der Waals surface area contributed by atoms with E-state index in [1.165, 1.54) is 27.7 Å². The molecule has 3 saturated heterocycles. The van der Waals surface area contributed by atoms with E-state index in [1.54, 1.807) is 43.8 Å². The topological polar surface area (TPSA) is 144 Å². The Morgan fingerprint density at radius 2 is 0.957 bits per heavy atom. The van der Waals surface area contributed by atoms with Crippen molar-refractivity contribution in [3.05, 3.63) is 89.6 Å². The van der Waals surface area contributed by atoms with Crippen LogP contribution in [0, 0.1) is 0 Å². The molecule has 0 atom stereocenters. The third kappa shape index (κ3) is 38.3. The maximum absolute atomic E-state index is 11.9. The van der Waals surface area contributed by atoms with Gasteiger partial charge in [0.1, 0.15) is 11.2 Å². The lowest BCUT2D eigenvalue weighted by Crippen LogP contribution is -2.49. The van der Waals surface area contributed by atoms with Gasteiger partial charge < -0.3 is 35.0 Å². The number of thiophene rings is 4. The number of alkyl halides is 4.